The summed E-state index contributed by atoms with van der Waals surface area (Å²) in [6.45, 7) is 4.92. The summed E-state index contributed by atoms with van der Waals surface area (Å²) in [6.07, 6.45) is 0. The molecule has 2 aromatic rings. The number of esters is 1. The lowest BCUT2D eigenvalue weighted by molar-refractivity contribution is -0.150. The molecule has 8 nitrogen and oxygen atoms in total. The van der Waals surface area contributed by atoms with E-state index in [0.717, 1.165) is 18.8 Å². The van der Waals surface area contributed by atoms with Crippen LogP contribution in [0, 0.1) is 0 Å². The summed E-state index contributed by atoms with van der Waals surface area (Å²) in [4.78, 5) is 37.7. The molecule has 30 heavy (non-hydrogen) atoms. The minimum atomic E-state index is -0.724. The molecule has 0 fully saturated rings. The van der Waals surface area contributed by atoms with Crippen LogP contribution in [0.1, 0.15) is 24.2 Å². The largest absolute Gasteiger partial charge is 0.482 e. The Morgan fingerprint density at radius 2 is 1.53 bits per heavy atom. The molecule has 0 saturated heterocycles. The fraction of sp³-hybridized carbons (Fsp3) is 0.286. The van der Waals surface area contributed by atoms with Crippen LogP contribution in [0.2, 0.25) is 5.02 Å². The predicted molar refractivity (Wildman–Crippen MR) is 114 cm³/mol. The van der Waals surface area contributed by atoms with Crippen molar-refractivity contribution < 1.29 is 23.9 Å². The van der Waals surface area contributed by atoms with Gasteiger partial charge in [0.25, 0.3) is 11.8 Å². The molecule has 2 amide bonds. The molecule has 9 heteroatoms. The molecule has 0 aliphatic carbocycles. The van der Waals surface area contributed by atoms with Crippen LogP contribution < -0.4 is 20.5 Å². The van der Waals surface area contributed by atoms with Gasteiger partial charge in [0.15, 0.2) is 13.2 Å². The van der Waals surface area contributed by atoms with E-state index in [0.29, 0.717) is 16.3 Å². The van der Waals surface area contributed by atoms with Gasteiger partial charge in [-0.2, -0.15) is 0 Å². The van der Waals surface area contributed by atoms with Crippen molar-refractivity contribution in [3.05, 3.63) is 59.1 Å². The van der Waals surface area contributed by atoms with Gasteiger partial charge >= 0.3 is 5.97 Å². The van der Waals surface area contributed by atoms with Crippen LogP contribution in [0.3, 0.4) is 0 Å². The van der Waals surface area contributed by atoms with Crippen molar-refractivity contribution in [3.63, 3.8) is 0 Å². The van der Waals surface area contributed by atoms with Gasteiger partial charge in [-0.3, -0.25) is 20.4 Å². The van der Waals surface area contributed by atoms with Gasteiger partial charge < -0.3 is 14.4 Å². The molecule has 2 aromatic carbocycles. The monoisotopic (exact) mass is 433 g/mol. The van der Waals surface area contributed by atoms with E-state index in [-0.39, 0.29) is 6.61 Å². The Morgan fingerprint density at radius 1 is 0.900 bits per heavy atom. The van der Waals surface area contributed by atoms with Gasteiger partial charge in [-0.1, -0.05) is 11.6 Å². The number of nitrogens with zero attached hydrogens (tertiary/aromatic N) is 1. The van der Waals surface area contributed by atoms with Gasteiger partial charge in [-0.15, -0.1) is 0 Å². The number of benzene rings is 2. The minimum absolute atomic E-state index is 0.361. The second-order valence-corrected chi connectivity index (χ2v) is 6.56. The number of hydrazine groups is 1. The number of ether oxygens (including phenoxy) is 2. The molecule has 0 spiro atoms. The third kappa shape index (κ3) is 7.29. The van der Waals surface area contributed by atoms with Gasteiger partial charge in [-0.25, -0.2) is 4.79 Å². The minimum Gasteiger partial charge on any atom is -0.482 e. The average Bonchev–Trinajstić information content (AvgIpc) is 2.77. The molecule has 0 heterocycles. The smallest absolute Gasteiger partial charge is 0.344 e. The normalized spacial score (nSPS) is 10.1. The number of rotatable bonds is 9. The fourth-order valence-corrected chi connectivity index (χ4v) is 2.63. The molecule has 0 aliphatic rings. The molecular weight excluding hydrogens is 410 g/mol. The van der Waals surface area contributed by atoms with Crippen LogP contribution in [0.4, 0.5) is 5.69 Å². The zero-order chi connectivity index (χ0) is 21.9. The number of hydrogen-bond donors (Lipinski definition) is 2. The van der Waals surface area contributed by atoms with Crippen molar-refractivity contribution in [3.8, 4) is 5.75 Å². The van der Waals surface area contributed by atoms with Gasteiger partial charge in [0, 0.05) is 29.4 Å². The highest BCUT2D eigenvalue weighted by molar-refractivity contribution is 6.30. The van der Waals surface area contributed by atoms with Crippen molar-refractivity contribution in [1.82, 2.24) is 10.9 Å². The number of anilines is 1. The summed E-state index contributed by atoms with van der Waals surface area (Å²) >= 11 is 5.76. The Bertz CT molecular complexity index is 852. The summed E-state index contributed by atoms with van der Waals surface area (Å²) in [7, 11) is 0. The van der Waals surface area contributed by atoms with E-state index in [4.69, 9.17) is 21.1 Å². The SMILES string of the molecule is CCN(CC)c1ccc(C(=O)NNC(=O)COC(=O)COc2ccc(Cl)cc2)cc1. The van der Waals surface area contributed by atoms with E-state index in [1.54, 1.807) is 36.4 Å². The molecule has 0 aromatic heterocycles. The quantitative estimate of drug-likeness (QED) is 0.466. The molecule has 0 atom stereocenters. The molecule has 160 valence electrons. The van der Waals surface area contributed by atoms with E-state index in [1.165, 1.54) is 0 Å². The van der Waals surface area contributed by atoms with Gasteiger partial charge in [0.1, 0.15) is 5.75 Å². The highest BCUT2D eigenvalue weighted by atomic mass is 35.5. The maximum Gasteiger partial charge on any atom is 0.344 e. The standard InChI is InChI=1S/C21H24ClN3O5/c1-3-25(4-2)17-9-5-15(6-10-17)21(28)24-23-19(26)13-30-20(27)14-29-18-11-7-16(22)8-12-18/h5-12H,3-4,13-14H2,1-2H3,(H,23,26)(H,24,28). The lowest BCUT2D eigenvalue weighted by Crippen LogP contribution is -2.43. The van der Waals surface area contributed by atoms with Crippen LogP contribution in [0.5, 0.6) is 5.75 Å². The summed E-state index contributed by atoms with van der Waals surface area (Å²) in [5.74, 6) is -1.44. The Hall–Kier alpha value is -3.26. The molecule has 0 bridgehead atoms. The molecule has 0 radical (unpaired) electrons. The Balaban J connectivity index is 1.70. The van der Waals surface area contributed by atoms with Crippen molar-refractivity contribution >= 4 is 35.1 Å². The molecule has 0 unspecified atom stereocenters. The number of amides is 2. The first-order valence-corrected chi connectivity index (χ1v) is 9.79. The van der Waals surface area contributed by atoms with Crippen LogP contribution in [-0.2, 0) is 14.3 Å². The fourth-order valence-electron chi connectivity index (χ4n) is 2.51. The number of halogens is 1. The van der Waals surface area contributed by atoms with Crippen molar-refractivity contribution in [2.45, 2.75) is 13.8 Å². The number of carbonyl (C=O) groups is 3. The van der Waals surface area contributed by atoms with Gasteiger partial charge in [0.2, 0.25) is 0 Å². The van der Waals surface area contributed by atoms with Crippen LogP contribution in [-0.4, -0.2) is 44.1 Å². The van der Waals surface area contributed by atoms with Crippen molar-refractivity contribution in [2.75, 3.05) is 31.2 Å². The van der Waals surface area contributed by atoms with E-state index < -0.39 is 24.4 Å². The number of hydrogen-bond acceptors (Lipinski definition) is 6. The maximum absolute atomic E-state index is 12.1. The number of carbonyl (C=O) groups excluding carboxylic acids is 3. The topological polar surface area (TPSA) is 97.0 Å². The highest BCUT2D eigenvalue weighted by Crippen LogP contribution is 2.16. The predicted octanol–water partition coefficient (Wildman–Crippen LogP) is 2.57. The van der Waals surface area contributed by atoms with E-state index in [9.17, 15) is 14.4 Å². The first-order chi connectivity index (χ1) is 14.4. The van der Waals surface area contributed by atoms with Crippen LogP contribution in [0.25, 0.3) is 0 Å². The summed E-state index contributed by atoms with van der Waals surface area (Å²) < 4.78 is 10.0. The summed E-state index contributed by atoms with van der Waals surface area (Å²) in [5.41, 5.74) is 5.87. The Kier molecular flexibility index (Phi) is 8.96. The van der Waals surface area contributed by atoms with Crippen LogP contribution in [0.15, 0.2) is 48.5 Å². The second kappa shape index (κ2) is 11.7. The van der Waals surface area contributed by atoms with Gasteiger partial charge in [-0.05, 0) is 62.4 Å². The molecular formula is C21H24ClN3O5. The zero-order valence-electron chi connectivity index (χ0n) is 16.8. The molecule has 2 N–H and O–H groups in total. The van der Waals surface area contributed by atoms with E-state index >= 15 is 0 Å². The second-order valence-electron chi connectivity index (χ2n) is 6.12. The Labute approximate surface area is 180 Å². The summed E-state index contributed by atoms with van der Waals surface area (Å²) in [6, 6.07) is 13.5. The molecule has 0 saturated carbocycles. The summed E-state index contributed by atoms with van der Waals surface area (Å²) in [5, 5.41) is 0.545. The van der Waals surface area contributed by atoms with E-state index in [2.05, 4.69) is 29.6 Å². The van der Waals surface area contributed by atoms with E-state index in [1.807, 2.05) is 12.1 Å². The first kappa shape index (κ1) is 23.0. The maximum atomic E-state index is 12.1. The van der Waals surface area contributed by atoms with Crippen molar-refractivity contribution in [2.24, 2.45) is 0 Å². The third-order valence-corrected chi connectivity index (χ3v) is 4.36. The lowest BCUT2D eigenvalue weighted by atomic mass is 10.2. The molecule has 2 rings (SSSR count). The number of nitrogens with one attached hydrogen (secondary N) is 2. The third-order valence-electron chi connectivity index (χ3n) is 4.11. The highest BCUT2D eigenvalue weighted by Gasteiger charge is 2.11. The van der Waals surface area contributed by atoms with Crippen molar-refractivity contribution in [1.29, 1.82) is 0 Å². The Morgan fingerprint density at radius 3 is 2.13 bits per heavy atom. The van der Waals surface area contributed by atoms with Gasteiger partial charge in [0.05, 0.1) is 0 Å². The average molecular weight is 434 g/mol. The zero-order valence-corrected chi connectivity index (χ0v) is 17.6. The lowest BCUT2D eigenvalue weighted by Gasteiger charge is -2.21. The van der Waals surface area contributed by atoms with Crippen LogP contribution >= 0.6 is 11.6 Å². The first-order valence-electron chi connectivity index (χ1n) is 9.41. The molecule has 0 aliphatic heterocycles.